The fourth-order valence-electron chi connectivity index (χ4n) is 2.76. The number of ether oxygens (including phenoxy) is 2. The van der Waals surface area contributed by atoms with Gasteiger partial charge in [0, 0.05) is 20.6 Å². The molecule has 0 saturated carbocycles. The van der Waals surface area contributed by atoms with Crippen molar-refractivity contribution in [3.05, 3.63) is 71.3 Å². The molecule has 0 heterocycles. The van der Waals surface area contributed by atoms with Gasteiger partial charge in [0.05, 0.1) is 7.11 Å². The number of carbonyl (C=O) groups excluding carboxylic acids is 2. The van der Waals surface area contributed by atoms with Crippen molar-refractivity contribution in [1.29, 1.82) is 0 Å². The minimum absolute atomic E-state index is 0.0617. The first kappa shape index (κ1) is 24.6. The van der Waals surface area contributed by atoms with Crippen molar-refractivity contribution in [2.45, 2.75) is 24.9 Å². The highest BCUT2D eigenvalue weighted by molar-refractivity contribution is 7.53. The molecule has 168 valence electrons. The van der Waals surface area contributed by atoms with Crippen molar-refractivity contribution in [2.24, 2.45) is 0 Å². The number of amides is 1. The van der Waals surface area contributed by atoms with E-state index < -0.39 is 31.5 Å². The van der Waals surface area contributed by atoms with E-state index in [1.54, 1.807) is 12.1 Å². The number of aliphatic hydroxyl groups is 1. The molecule has 2 rings (SSSR count). The normalized spacial score (nSPS) is 13.2. The SMILES string of the molecule is COC(=O)[C@H](Cc1ccc(C(O)P(=O)(OC)OC)cc1)NC(=O)OCc1ccccc1. The number of alkyl carbamates (subject to hydrolysis) is 1. The van der Waals surface area contributed by atoms with Crippen LogP contribution >= 0.6 is 7.60 Å². The Kier molecular flexibility index (Phi) is 9.21. The number of nitrogens with one attached hydrogen (secondary N) is 1. The third-order valence-electron chi connectivity index (χ3n) is 4.52. The van der Waals surface area contributed by atoms with Crippen LogP contribution in [0.1, 0.15) is 22.5 Å². The summed E-state index contributed by atoms with van der Waals surface area (Å²) in [5.41, 5.74) is 1.80. The molecular formula is C21H26NO8P. The van der Waals surface area contributed by atoms with Gasteiger partial charge in [0.25, 0.3) is 0 Å². The van der Waals surface area contributed by atoms with Gasteiger partial charge in [-0.1, -0.05) is 54.6 Å². The van der Waals surface area contributed by atoms with Crippen LogP contribution in [0.3, 0.4) is 0 Å². The summed E-state index contributed by atoms with van der Waals surface area (Å²) in [6, 6.07) is 14.5. The zero-order chi connectivity index (χ0) is 22.9. The maximum atomic E-state index is 12.3. The molecular weight excluding hydrogens is 425 g/mol. The molecule has 0 fully saturated rings. The van der Waals surface area contributed by atoms with E-state index in [1.807, 2.05) is 30.3 Å². The van der Waals surface area contributed by atoms with Crippen molar-refractivity contribution in [3.8, 4) is 0 Å². The van der Waals surface area contributed by atoms with Crippen molar-refractivity contribution in [3.63, 3.8) is 0 Å². The quantitative estimate of drug-likeness (QED) is 0.418. The highest BCUT2D eigenvalue weighted by Crippen LogP contribution is 2.58. The maximum Gasteiger partial charge on any atom is 0.408 e. The van der Waals surface area contributed by atoms with Gasteiger partial charge in [0.2, 0.25) is 0 Å². The first-order valence-corrected chi connectivity index (χ1v) is 11.0. The summed E-state index contributed by atoms with van der Waals surface area (Å²) in [5, 5.41) is 12.7. The summed E-state index contributed by atoms with van der Waals surface area (Å²) < 4.78 is 31.8. The van der Waals surface area contributed by atoms with Crippen molar-refractivity contribution in [1.82, 2.24) is 5.32 Å². The molecule has 0 saturated heterocycles. The van der Waals surface area contributed by atoms with Crippen LogP contribution in [0.5, 0.6) is 0 Å². The molecule has 0 bridgehead atoms. The fourth-order valence-corrected chi connectivity index (χ4v) is 3.85. The monoisotopic (exact) mass is 451 g/mol. The Labute approximate surface area is 180 Å². The Morgan fingerprint density at radius 1 is 0.968 bits per heavy atom. The minimum Gasteiger partial charge on any atom is -0.467 e. The molecule has 2 aromatic carbocycles. The molecule has 1 unspecified atom stereocenters. The highest BCUT2D eigenvalue weighted by Gasteiger charge is 2.33. The third kappa shape index (κ3) is 6.90. The van der Waals surface area contributed by atoms with Gasteiger partial charge in [-0.2, -0.15) is 0 Å². The molecule has 2 atom stereocenters. The summed E-state index contributed by atoms with van der Waals surface area (Å²) >= 11 is 0. The van der Waals surface area contributed by atoms with E-state index in [0.29, 0.717) is 11.1 Å². The van der Waals surface area contributed by atoms with Gasteiger partial charge < -0.3 is 28.9 Å². The second kappa shape index (κ2) is 11.6. The zero-order valence-corrected chi connectivity index (χ0v) is 18.4. The van der Waals surface area contributed by atoms with Gasteiger partial charge in [-0.3, -0.25) is 4.57 Å². The maximum absolute atomic E-state index is 12.3. The standard InChI is InChI=1S/C21H26NO8P/c1-27-19(23)18(22-21(25)30-14-16-7-5-4-6-8-16)13-15-9-11-17(12-10-15)20(24)31(26,28-2)29-3/h4-12,18,20,24H,13-14H2,1-3H3,(H,22,25)/t18-,20?/m0/s1. The number of benzene rings is 2. The molecule has 0 aromatic heterocycles. The topological polar surface area (TPSA) is 120 Å². The van der Waals surface area contributed by atoms with E-state index in [9.17, 15) is 19.3 Å². The van der Waals surface area contributed by atoms with Crippen molar-refractivity contribution in [2.75, 3.05) is 21.3 Å². The predicted octanol–water partition coefficient (Wildman–Crippen LogP) is 3.17. The average molecular weight is 451 g/mol. The molecule has 10 heteroatoms. The summed E-state index contributed by atoms with van der Waals surface area (Å²) in [6.07, 6.45) is -0.636. The molecule has 2 aromatic rings. The van der Waals surface area contributed by atoms with Crippen LogP contribution in [0.4, 0.5) is 4.79 Å². The Balaban J connectivity index is 2.02. The van der Waals surface area contributed by atoms with Crippen LogP contribution < -0.4 is 5.32 Å². The lowest BCUT2D eigenvalue weighted by atomic mass is 10.0. The minimum atomic E-state index is -3.70. The van der Waals surface area contributed by atoms with Gasteiger partial charge in [-0.25, -0.2) is 9.59 Å². The summed E-state index contributed by atoms with van der Waals surface area (Å²) in [6.45, 7) is 0.0617. The number of hydrogen-bond donors (Lipinski definition) is 2. The van der Waals surface area contributed by atoms with Crippen LogP contribution in [0.25, 0.3) is 0 Å². The Bertz CT molecular complexity index is 895. The lowest BCUT2D eigenvalue weighted by molar-refractivity contribution is -0.143. The van der Waals surface area contributed by atoms with Crippen LogP contribution in [-0.2, 0) is 40.9 Å². The number of hydrogen-bond acceptors (Lipinski definition) is 8. The zero-order valence-electron chi connectivity index (χ0n) is 17.5. The van der Waals surface area contributed by atoms with Gasteiger partial charge in [0.1, 0.15) is 12.6 Å². The number of esters is 1. The van der Waals surface area contributed by atoms with Crippen LogP contribution in [0.15, 0.2) is 54.6 Å². The first-order valence-electron chi connectivity index (χ1n) is 9.36. The molecule has 0 aliphatic carbocycles. The highest BCUT2D eigenvalue weighted by atomic mass is 31.2. The van der Waals surface area contributed by atoms with Gasteiger partial charge in [0.15, 0.2) is 5.85 Å². The van der Waals surface area contributed by atoms with Crippen molar-refractivity contribution < 1.29 is 37.8 Å². The fraction of sp³-hybridized carbons (Fsp3) is 0.333. The van der Waals surface area contributed by atoms with Gasteiger partial charge in [-0.05, 0) is 16.7 Å². The van der Waals surface area contributed by atoms with Crippen LogP contribution in [-0.4, -0.2) is 44.5 Å². The number of aliphatic hydroxyl groups excluding tert-OH is 1. The number of rotatable bonds is 10. The van der Waals surface area contributed by atoms with E-state index in [4.69, 9.17) is 18.5 Å². The summed E-state index contributed by atoms with van der Waals surface area (Å²) in [7, 11) is -0.109. The van der Waals surface area contributed by atoms with Crippen LogP contribution in [0.2, 0.25) is 0 Å². The van der Waals surface area contributed by atoms with Crippen molar-refractivity contribution >= 4 is 19.7 Å². The Hall–Kier alpha value is -2.71. The van der Waals surface area contributed by atoms with E-state index >= 15 is 0 Å². The molecule has 2 N–H and O–H groups in total. The van der Waals surface area contributed by atoms with E-state index in [1.165, 1.54) is 33.5 Å². The van der Waals surface area contributed by atoms with E-state index in [0.717, 1.165) is 5.56 Å². The second-order valence-electron chi connectivity index (χ2n) is 6.51. The van der Waals surface area contributed by atoms with E-state index in [2.05, 4.69) is 5.32 Å². The molecule has 1 amide bonds. The first-order chi connectivity index (χ1) is 14.8. The van der Waals surface area contributed by atoms with Gasteiger partial charge in [-0.15, -0.1) is 0 Å². The number of methoxy groups -OCH3 is 1. The Morgan fingerprint density at radius 3 is 2.13 bits per heavy atom. The lowest BCUT2D eigenvalue weighted by Crippen LogP contribution is -2.43. The lowest BCUT2D eigenvalue weighted by Gasteiger charge is -2.20. The largest absolute Gasteiger partial charge is 0.467 e. The molecule has 0 aliphatic heterocycles. The second-order valence-corrected chi connectivity index (χ2v) is 8.81. The molecule has 31 heavy (non-hydrogen) atoms. The summed E-state index contributed by atoms with van der Waals surface area (Å²) in [4.78, 5) is 24.2. The summed E-state index contributed by atoms with van der Waals surface area (Å²) in [5.74, 6) is -2.09. The third-order valence-corrected chi connectivity index (χ3v) is 6.43. The predicted molar refractivity (Wildman–Crippen MR) is 112 cm³/mol. The smallest absolute Gasteiger partial charge is 0.408 e. The molecule has 0 aliphatic rings. The average Bonchev–Trinajstić information content (AvgIpc) is 2.82. The van der Waals surface area contributed by atoms with Gasteiger partial charge >= 0.3 is 19.7 Å². The Morgan fingerprint density at radius 2 is 1.58 bits per heavy atom. The molecule has 0 radical (unpaired) electrons. The van der Waals surface area contributed by atoms with E-state index in [-0.39, 0.29) is 13.0 Å². The molecule has 9 nitrogen and oxygen atoms in total. The molecule has 0 spiro atoms. The number of carbonyl (C=O) groups is 2. The van der Waals surface area contributed by atoms with Crippen LogP contribution in [0, 0.1) is 0 Å².